The molecule has 2 rings (SSSR count). The SMILES string of the molecule is COc1cccc(S(=O)(=O)Nc2cccc(N)c2)c1OC. The zero-order chi connectivity index (χ0) is 15.5. The summed E-state index contributed by atoms with van der Waals surface area (Å²) in [5.74, 6) is 0.490. The summed E-state index contributed by atoms with van der Waals surface area (Å²) < 4.78 is 37.7. The summed E-state index contributed by atoms with van der Waals surface area (Å²) in [6.07, 6.45) is 0. The molecule has 0 fully saturated rings. The van der Waals surface area contributed by atoms with Crippen LogP contribution in [0.5, 0.6) is 11.5 Å². The predicted octanol–water partition coefficient (Wildman–Crippen LogP) is 2.09. The Balaban J connectivity index is 2.45. The number of hydrogen-bond acceptors (Lipinski definition) is 5. The van der Waals surface area contributed by atoms with Crippen molar-refractivity contribution in [2.75, 3.05) is 24.7 Å². The lowest BCUT2D eigenvalue weighted by molar-refractivity contribution is 0.347. The van der Waals surface area contributed by atoms with Gasteiger partial charge in [-0.15, -0.1) is 0 Å². The van der Waals surface area contributed by atoms with Crippen LogP contribution in [0.1, 0.15) is 0 Å². The van der Waals surface area contributed by atoms with Gasteiger partial charge in [0.05, 0.1) is 19.9 Å². The Morgan fingerprint density at radius 2 is 1.76 bits per heavy atom. The standard InChI is InChI=1S/C14H16N2O4S/c1-19-12-7-4-8-13(14(12)20-2)21(17,18)16-11-6-3-5-10(15)9-11/h3-9,16H,15H2,1-2H3. The summed E-state index contributed by atoms with van der Waals surface area (Å²) in [6.45, 7) is 0. The number of nitrogen functional groups attached to an aromatic ring is 1. The highest BCUT2D eigenvalue weighted by molar-refractivity contribution is 7.92. The number of nitrogens with two attached hydrogens (primary N) is 1. The highest BCUT2D eigenvalue weighted by Gasteiger charge is 2.22. The van der Waals surface area contributed by atoms with Crippen molar-refractivity contribution in [3.8, 4) is 11.5 Å². The molecular weight excluding hydrogens is 292 g/mol. The molecule has 112 valence electrons. The van der Waals surface area contributed by atoms with Gasteiger partial charge in [-0.3, -0.25) is 4.72 Å². The Hall–Kier alpha value is -2.41. The Bertz CT molecular complexity index is 744. The minimum Gasteiger partial charge on any atom is -0.493 e. The third kappa shape index (κ3) is 3.19. The van der Waals surface area contributed by atoms with Gasteiger partial charge in [0.15, 0.2) is 11.5 Å². The molecule has 6 nitrogen and oxygen atoms in total. The van der Waals surface area contributed by atoms with Crippen LogP contribution in [-0.2, 0) is 10.0 Å². The second-order valence-corrected chi connectivity index (χ2v) is 5.87. The second kappa shape index (κ2) is 5.92. The number of sulfonamides is 1. The number of nitrogens with one attached hydrogen (secondary N) is 1. The van der Waals surface area contributed by atoms with Crippen molar-refractivity contribution < 1.29 is 17.9 Å². The Labute approximate surface area is 123 Å². The van der Waals surface area contributed by atoms with Gasteiger partial charge in [0.25, 0.3) is 10.0 Å². The molecule has 0 saturated carbocycles. The van der Waals surface area contributed by atoms with Crippen LogP contribution in [-0.4, -0.2) is 22.6 Å². The van der Waals surface area contributed by atoms with E-state index in [2.05, 4.69) is 4.72 Å². The number of rotatable bonds is 5. The van der Waals surface area contributed by atoms with E-state index in [0.29, 0.717) is 17.1 Å². The van der Waals surface area contributed by atoms with Crippen molar-refractivity contribution in [2.24, 2.45) is 0 Å². The average molecular weight is 308 g/mol. The van der Waals surface area contributed by atoms with Crippen molar-refractivity contribution in [1.29, 1.82) is 0 Å². The summed E-state index contributed by atoms with van der Waals surface area (Å²) in [7, 11) is -0.986. The molecule has 0 radical (unpaired) electrons. The number of benzene rings is 2. The van der Waals surface area contributed by atoms with E-state index in [-0.39, 0.29) is 10.6 Å². The summed E-state index contributed by atoms with van der Waals surface area (Å²) >= 11 is 0. The zero-order valence-electron chi connectivity index (χ0n) is 11.7. The highest BCUT2D eigenvalue weighted by atomic mass is 32.2. The molecule has 0 bridgehead atoms. The maximum Gasteiger partial charge on any atom is 0.265 e. The Kier molecular flexibility index (Phi) is 4.23. The first-order valence-corrected chi connectivity index (χ1v) is 7.55. The predicted molar refractivity (Wildman–Crippen MR) is 81.2 cm³/mol. The van der Waals surface area contributed by atoms with Gasteiger partial charge in [0.1, 0.15) is 4.90 Å². The van der Waals surface area contributed by atoms with Crippen molar-refractivity contribution in [3.63, 3.8) is 0 Å². The molecule has 0 aliphatic heterocycles. The molecule has 2 aromatic carbocycles. The van der Waals surface area contributed by atoms with Crippen LogP contribution < -0.4 is 19.9 Å². The maximum absolute atomic E-state index is 12.5. The molecule has 0 saturated heterocycles. The van der Waals surface area contributed by atoms with E-state index in [1.54, 1.807) is 30.3 Å². The molecule has 0 aliphatic rings. The largest absolute Gasteiger partial charge is 0.493 e. The van der Waals surface area contributed by atoms with E-state index < -0.39 is 10.0 Å². The van der Waals surface area contributed by atoms with Gasteiger partial charge in [-0.2, -0.15) is 0 Å². The summed E-state index contributed by atoms with van der Waals surface area (Å²) in [5, 5.41) is 0. The lowest BCUT2D eigenvalue weighted by Crippen LogP contribution is -2.14. The van der Waals surface area contributed by atoms with Gasteiger partial charge in [-0.25, -0.2) is 8.42 Å². The molecular formula is C14H16N2O4S. The first-order chi connectivity index (χ1) is 9.97. The van der Waals surface area contributed by atoms with Crippen LogP contribution in [0, 0.1) is 0 Å². The monoisotopic (exact) mass is 308 g/mol. The fourth-order valence-electron chi connectivity index (χ4n) is 1.88. The van der Waals surface area contributed by atoms with Crippen LogP contribution in [0.15, 0.2) is 47.4 Å². The molecule has 0 aliphatic carbocycles. The van der Waals surface area contributed by atoms with Crippen molar-refractivity contribution in [1.82, 2.24) is 0 Å². The molecule has 0 heterocycles. The Morgan fingerprint density at radius 1 is 1.05 bits per heavy atom. The lowest BCUT2D eigenvalue weighted by Gasteiger charge is -2.14. The Morgan fingerprint density at radius 3 is 2.38 bits per heavy atom. The third-order valence-corrected chi connectivity index (χ3v) is 4.20. The molecule has 21 heavy (non-hydrogen) atoms. The fourth-order valence-corrected chi connectivity index (χ4v) is 3.11. The number of ether oxygens (including phenoxy) is 2. The number of methoxy groups -OCH3 is 2. The molecule has 0 unspecified atom stereocenters. The highest BCUT2D eigenvalue weighted by Crippen LogP contribution is 2.34. The number of hydrogen-bond donors (Lipinski definition) is 2. The molecule has 2 aromatic rings. The van der Waals surface area contributed by atoms with Gasteiger partial charge in [-0.1, -0.05) is 12.1 Å². The van der Waals surface area contributed by atoms with Crippen molar-refractivity contribution >= 4 is 21.4 Å². The van der Waals surface area contributed by atoms with Crippen LogP contribution >= 0.6 is 0 Å². The van der Waals surface area contributed by atoms with Crippen molar-refractivity contribution in [3.05, 3.63) is 42.5 Å². The smallest absolute Gasteiger partial charge is 0.265 e. The van der Waals surface area contributed by atoms with Crippen molar-refractivity contribution in [2.45, 2.75) is 4.90 Å². The summed E-state index contributed by atoms with van der Waals surface area (Å²) in [5.41, 5.74) is 6.48. The van der Waals surface area contributed by atoms with Crippen LogP contribution in [0.3, 0.4) is 0 Å². The van der Waals surface area contributed by atoms with E-state index in [9.17, 15) is 8.42 Å². The molecule has 3 N–H and O–H groups in total. The number of para-hydroxylation sites is 1. The first-order valence-electron chi connectivity index (χ1n) is 6.07. The zero-order valence-corrected chi connectivity index (χ0v) is 12.5. The molecule has 0 spiro atoms. The van der Waals surface area contributed by atoms with E-state index in [1.165, 1.54) is 26.4 Å². The molecule has 7 heteroatoms. The van der Waals surface area contributed by atoms with Crippen LogP contribution in [0.2, 0.25) is 0 Å². The second-order valence-electron chi connectivity index (χ2n) is 4.22. The lowest BCUT2D eigenvalue weighted by atomic mass is 10.3. The fraction of sp³-hybridized carbons (Fsp3) is 0.143. The van der Waals surface area contributed by atoms with Crippen LogP contribution in [0.25, 0.3) is 0 Å². The topological polar surface area (TPSA) is 90.7 Å². The third-order valence-electron chi connectivity index (χ3n) is 2.80. The van der Waals surface area contributed by atoms with E-state index in [0.717, 1.165) is 0 Å². The van der Waals surface area contributed by atoms with Gasteiger partial charge in [0.2, 0.25) is 0 Å². The van der Waals surface area contributed by atoms with E-state index >= 15 is 0 Å². The average Bonchev–Trinajstić information content (AvgIpc) is 2.45. The summed E-state index contributed by atoms with van der Waals surface area (Å²) in [6, 6.07) is 11.1. The van der Waals surface area contributed by atoms with Crippen LogP contribution in [0.4, 0.5) is 11.4 Å². The number of anilines is 2. The minimum atomic E-state index is -3.82. The van der Waals surface area contributed by atoms with E-state index in [4.69, 9.17) is 15.2 Å². The summed E-state index contributed by atoms with van der Waals surface area (Å²) in [4.78, 5) is -0.00762. The van der Waals surface area contributed by atoms with Gasteiger partial charge < -0.3 is 15.2 Å². The maximum atomic E-state index is 12.5. The molecule has 0 amide bonds. The normalized spacial score (nSPS) is 11.0. The van der Waals surface area contributed by atoms with Gasteiger partial charge in [-0.05, 0) is 30.3 Å². The van der Waals surface area contributed by atoms with E-state index in [1.807, 2.05) is 0 Å². The quantitative estimate of drug-likeness (QED) is 0.825. The molecule has 0 atom stereocenters. The van der Waals surface area contributed by atoms with Gasteiger partial charge in [0, 0.05) is 5.69 Å². The molecule has 0 aromatic heterocycles. The first kappa shape index (κ1) is 15.0. The minimum absolute atomic E-state index is 0.00762. The van der Waals surface area contributed by atoms with Gasteiger partial charge >= 0.3 is 0 Å².